The average molecular weight is 350 g/mol. The molecule has 1 fully saturated rings. The number of alkyl halides is 1. The fourth-order valence-corrected chi connectivity index (χ4v) is 4.45. The highest BCUT2D eigenvalue weighted by Crippen LogP contribution is 2.42. The van der Waals surface area contributed by atoms with Crippen LogP contribution >= 0.6 is 15.9 Å². The first-order chi connectivity index (χ1) is 9.98. The number of halogens is 1. The van der Waals surface area contributed by atoms with Gasteiger partial charge >= 0.3 is 0 Å². The Labute approximate surface area is 135 Å². The minimum Gasteiger partial charge on any atom is -0.325 e. The Bertz CT molecular complexity index is 546. The maximum atomic E-state index is 12.0. The minimum atomic E-state index is -0.414. The maximum absolute atomic E-state index is 12.0. The van der Waals surface area contributed by atoms with Crippen molar-refractivity contribution in [2.75, 3.05) is 5.32 Å². The third-order valence-electron chi connectivity index (χ3n) is 5.16. The van der Waals surface area contributed by atoms with E-state index in [0.717, 1.165) is 17.2 Å². The third kappa shape index (κ3) is 2.90. The van der Waals surface area contributed by atoms with Gasteiger partial charge in [0.25, 0.3) is 0 Å². The number of benzene rings is 1. The topological polar surface area (TPSA) is 29.1 Å². The van der Waals surface area contributed by atoms with E-state index in [2.05, 4.69) is 39.4 Å². The van der Waals surface area contributed by atoms with Gasteiger partial charge in [-0.2, -0.15) is 0 Å². The van der Waals surface area contributed by atoms with Crippen molar-refractivity contribution in [2.45, 2.75) is 62.6 Å². The molecule has 1 unspecified atom stereocenters. The van der Waals surface area contributed by atoms with Crippen molar-refractivity contribution >= 4 is 27.5 Å². The van der Waals surface area contributed by atoms with Gasteiger partial charge < -0.3 is 5.32 Å². The van der Waals surface area contributed by atoms with Gasteiger partial charge in [0.1, 0.15) is 0 Å². The van der Waals surface area contributed by atoms with Crippen molar-refractivity contribution in [3.05, 3.63) is 29.3 Å². The van der Waals surface area contributed by atoms with Crippen molar-refractivity contribution < 1.29 is 4.79 Å². The van der Waals surface area contributed by atoms with Crippen LogP contribution in [-0.2, 0) is 10.2 Å². The molecule has 0 radical (unpaired) electrons. The Morgan fingerprint density at radius 3 is 2.71 bits per heavy atom. The van der Waals surface area contributed by atoms with Crippen LogP contribution in [0.3, 0.4) is 0 Å². The predicted molar refractivity (Wildman–Crippen MR) is 91.0 cm³/mol. The van der Waals surface area contributed by atoms with Crippen LogP contribution in [0.1, 0.15) is 68.3 Å². The lowest BCUT2D eigenvalue weighted by Crippen LogP contribution is -2.26. The molecule has 0 aromatic heterocycles. The summed E-state index contributed by atoms with van der Waals surface area (Å²) in [6.07, 6.45) is 8.14. The van der Waals surface area contributed by atoms with E-state index in [1.165, 1.54) is 44.1 Å². The summed E-state index contributed by atoms with van der Waals surface area (Å²) in [6, 6.07) is 6.44. The van der Waals surface area contributed by atoms with E-state index in [0.29, 0.717) is 4.83 Å². The Morgan fingerprint density at radius 2 is 2.00 bits per heavy atom. The van der Waals surface area contributed by atoms with Crippen LogP contribution in [0.4, 0.5) is 5.69 Å². The van der Waals surface area contributed by atoms with Gasteiger partial charge in [-0.25, -0.2) is 0 Å². The second-order valence-electron chi connectivity index (χ2n) is 7.09. The Morgan fingerprint density at radius 1 is 1.29 bits per heavy atom. The van der Waals surface area contributed by atoms with Crippen molar-refractivity contribution in [3.63, 3.8) is 0 Å². The molecule has 21 heavy (non-hydrogen) atoms. The van der Waals surface area contributed by atoms with Gasteiger partial charge in [0.05, 0.1) is 5.41 Å². The molecule has 0 saturated heterocycles. The molecular formula is C18H24BrNO. The molecule has 1 aromatic carbocycles. The summed E-state index contributed by atoms with van der Waals surface area (Å²) in [5.41, 5.74) is 3.01. The van der Waals surface area contributed by atoms with Crippen LogP contribution in [0.5, 0.6) is 0 Å². The molecule has 1 N–H and O–H groups in total. The van der Waals surface area contributed by atoms with Gasteiger partial charge in [-0.15, -0.1) is 0 Å². The zero-order chi connectivity index (χ0) is 15.0. The summed E-state index contributed by atoms with van der Waals surface area (Å²) < 4.78 is 0. The number of carbonyl (C=O) groups is 1. The van der Waals surface area contributed by atoms with E-state index >= 15 is 0 Å². The first-order valence-electron chi connectivity index (χ1n) is 8.08. The van der Waals surface area contributed by atoms with E-state index in [1.54, 1.807) is 0 Å². The number of hydrogen-bond acceptors (Lipinski definition) is 1. The van der Waals surface area contributed by atoms with Crippen LogP contribution in [-0.4, -0.2) is 5.91 Å². The molecule has 1 aromatic rings. The van der Waals surface area contributed by atoms with Crippen LogP contribution in [0, 0.1) is 5.92 Å². The molecule has 1 aliphatic heterocycles. The number of nitrogens with one attached hydrogen (secondary N) is 1. The number of hydrogen-bond donors (Lipinski definition) is 1. The fraction of sp³-hybridized carbons (Fsp3) is 0.611. The zero-order valence-corrected chi connectivity index (χ0v) is 14.5. The number of fused-ring (bicyclic) bond motifs is 1. The zero-order valence-electron chi connectivity index (χ0n) is 12.9. The molecule has 0 bridgehead atoms. The van der Waals surface area contributed by atoms with Gasteiger partial charge in [-0.05, 0) is 43.4 Å². The minimum absolute atomic E-state index is 0.105. The van der Waals surface area contributed by atoms with E-state index < -0.39 is 5.41 Å². The number of rotatable bonds is 3. The molecular weight excluding hydrogens is 326 g/mol. The summed E-state index contributed by atoms with van der Waals surface area (Å²) >= 11 is 3.88. The first-order valence-corrected chi connectivity index (χ1v) is 9.00. The van der Waals surface area contributed by atoms with Gasteiger partial charge in [0.15, 0.2) is 0 Å². The molecule has 1 amide bonds. The summed E-state index contributed by atoms with van der Waals surface area (Å²) in [7, 11) is 0. The molecule has 1 saturated carbocycles. The van der Waals surface area contributed by atoms with Crippen molar-refractivity contribution in [1.29, 1.82) is 0 Å². The second-order valence-corrected chi connectivity index (χ2v) is 8.20. The molecule has 1 aliphatic carbocycles. The smallest absolute Gasteiger partial charge is 0.234 e. The monoisotopic (exact) mass is 349 g/mol. The largest absolute Gasteiger partial charge is 0.325 e. The summed E-state index contributed by atoms with van der Waals surface area (Å²) in [4.78, 5) is 12.4. The third-order valence-corrected chi connectivity index (χ3v) is 6.06. The fourth-order valence-electron chi connectivity index (χ4n) is 3.64. The molecule has 2 aliphatic rings. The molecule has 0 spiro atoms. The van der Waals surface area contributed by atoms with Crippen molar-refractivity contribution in [1.82, 2.24) is 0 Å². The van der Waals surface area contributed by atoms with Crippen molar-refractivity contribution in [3.8, 4) is 0 Å². The molecule has 114 valence electrons. The van der Waals surface area contributed by atoms with Gasteiger partial charge in [-0.3, -0.25) is 4.79 Å². The standard InChI is InChI=1S/C18H24BrNO/c1-18(2)14-11-13(8-9-16(14)20-17(18)21)15(19)10-12-6-4-3-5-7-12/h8-9,11-12,15H,3-7,10H2,1-2H3,(H,20,21). The highest BCUT2D eigenvalue weighted by Gasteiger charge is 2.38. The van der Waals surface area contributed by atoms with Crippen LogP contribution in [0.15, 0.2) is 18.2 Å². The lowest BCUT2D eigenvalue weighted by Gasteiger charge is -2.24. The lowest BCUT2D eigenvalue weighted by molar-refractivity contribution is -0.119. The molecule has 1 atom stereocenters. The van der Waals surface area contributed by atoms with Gasteiger partial charge in [0.2, 0.25) is 5.91 Å². The number of amides is 1. The summed E-state index contributed by atoms with van der Waals surface area (Å²) in [5.74, 6) is 0.956. The SMILES string of the molecule is CC1(C)C(=O)Nc2ccc(C(Br)CC3CCCCC3)cc21. The van der Waals surface area contributed by atoms with Crippen LogP contribution < -0.4 is 5.32 Å². The van der Waals surface area contributed by atoms with Crippen LogP contribution in [0.2, 0.25) is 0 Å². The molecule has 1 heterocycles. The Kier molecular flexibility index (Phi) is 4.13. The second kappa shape index (κ2) is 5.75. The first kappa shape index (κ1) is 15.1. The summed E-state index contributed by atoms with van der Waals surface area (Å²) in [5, 5.41) is 2.98. The normalized spacial score (nSPS) is 22.7. The lowest BCUT2D eigenvalue weighted by atomic mass is 9.83. The predicted octanol–water partition coefficient (Wildman–Crippen LogP) is 5.32. The van der Waals surface area contributed by atoms with Gasteiger partial charge in [0, 0.05) is 10.5 Å². The molecule has 3 rings (SSSR count). The highest BCUT2D eigenvalue weighted by atomic mass is 79.9. The molecule has 2 nitrogen and oxygen atoms in total. The number of anilines is 1. The summed E-state index contributed by atoms with van der Waals surface area (Å²) in [6.45, 7) is 4.00. The van der Waals surface area contributed by atoms with E-state index in [4.69, 9.17) is 0 Å². The van der Waals surface area contributed by atoms with E-state index in [1.807, 2.05) is 13.8 Å². The Hall–Kier alpha value is -0.830. The van der Waals surface area contributed by atoms with E-state index in [-0.39, 0.29) is 5.91 Å². The van der Waals surface area contributed by atoms with Gasteiger partial charge in [-0.1, -0.05) is 60.2 Å². The Balaban J connectivity index is 1.77. The van der Waals surface area contributed by atoms with Crippen molar-refractivity contribution in [2.24, 2.45) is 5.92 Å². The molecule has 3 heteroatoms. The highest BCUT2D eigenvalue weighted by molar-refractivity contribution is 9.09. The van der Waals surface area contributed by atoms with E-state index in [9.17, 15) is 4.79 Å². The number of carbonyl (C=O) groups excluding carboxylic acids is 1. The average Bonchev–Trinajstić information content (AvgIpc) is 2.70. The van der Waals surface area contributed by atoms with Crippen LogP contribution in [0.25, 0.3) is 0 Å². The quantitative estimate of drug-likeness (QED) is 0.734. The maximum Gasteiger partial charge on any atom is 0.234 e.